The smallest absolute Gasteiger partial charge is 0.248 e. The summed E-state index contributed by atoms with van der Waals surface area (Å²) in [5.41, 5.74) is 17.2. The molecule has 5 nitrogen and oxygen atoms in total. The van der Waals surface area contributed by atoms with Gasteiger partial charge in [0.25, 0.3) is 0 Å². The van der Waals surface area contributed by atoms with Gasteiger partial charge in [-0.2, -0.15) is 0 Å². The number of rotatable bonds is 7. The van der Waals surface area contributed by atoms with Gasteiger partial charge in [-0.15, -0.1) is 0 Å². The maximum atomic E-state index is 11.7. The first kappa shape index (κ1) is 26.3. The van der Waals surface area contributed by atoms with Crippen LogP contribution in [0.15, 0.2) is 77.8 Å². The van der Waals surface area contributed by atoms with Crippen molar-refractivity contribution in [1.29, 1.82) is 0 Å². The molecule has 32 heavy (non-hydrogen) atoms. The number of benzene rings is 2. The molecule has 2 aromatic rings. The summed E-state index contributed by atoms with van der Waals surface area (Å²) in [6.07, 6.45) is 2.77. The molecule has 0 bridgehead atoms. The minimum absolute atomic E-state index is 0.117. The summed E-state index contributed by atoms with van der Waals surface area (Å²) in [7, 11) is 1.59. The van der Waals surface area contributed by atoms with Gasteiger partial charge >= 0.3 is 0 Å². The van der Waals surface area contributed by atoms with E-state index in [2.05, 4.69) is 56.3 Å². The number of carbonyl (C=O) groups is 2. The molecule has 4 N–H and O–H groups in total. The van der Waals surface area contributed by atoms with Crippen molar-refractivity contribution in [3.63, 3.8) is 0 Å². The van der Waals surface area contributed by atoms with Crippen molar-refractivity contribution in [3.05, 3.63) is 101 Å². The molecule has 0 aliphatic heterocycles. The van der Waals surface area contributed by atoms with Crippen molar-refractivity contribution < 1.29 is 9.59 Å². The Morgan fingerprint density at radius 2 is 1.50 bits per heavy atom. The number of nitrogens with zero attached hydrogens (tertiary/aromatic N) is 1. The van der Waals surface area contributed by atoms with E-state index in [1.54, 1.807) is 38.2 Å². The quantitative estimate of drug-likeness (QED) is 0.375. The van der Waals surface area contributed by atoms with E-state index in [0.29, 0.717) is 39.2 Å². The lowest BCUT2D eigenvalue weighted by Crippen LogP contribution is -2.14. The maximum absolute atomic E-state index is 11.7. The number of amides is 1. The van der Waals surface area contributed by atoms with E-state index in [1.165, 1.54) is 18.1 Å². The lowest BCUT2D eigenvalue weighted by Gasteiger charge is -2.10. The summed E-state index contributed by atoms with van der Waals surface area (Å²) in [4.78, 5) is 27.4. The van der Waals surface area contributed by atoms with Gasteiger partial charge in [0.05, 0.1) is 5.71 Å². The van der Waals surface area contributed by atoms with E-state index < -0.39 is 5.91 Å². The monoisotopic (exact) mass is 431 g/mol. The van der Waals surface area contributed by atoms with Crippen molar-refractivity contribution >= 4 is 23.1 Å². The van der Waals surface area contributed by atoms with E-state index in [-0.39, 0.29) is 5.78 Å². The number of primary amides is 1. The zero-order valence-corrected chi connectivity index (χ0v) is 19.7. The number of nitrogens with two attached hydrogens (primary N) is 2. The Morgan fingerprint density at radius 1 is 0.969 bits per heavy atom. The number of hydrogen-bond donors (Lipinski definition) is 2. The largest absolute Gasteiger partial charge is 0.399 e. The molecule has 0 saturated carbocycles. The molecule has 5 heteroatoms. The second-order valence-corrected chi connectivity index (χ2v) is 7.53. The Morgan fingerprint density at radius 3 is 1.91 bits per heavy atom. The van der Waals surface area contributed by atoms with Crippen LogP contribution in [-0.4, -0.2) is 24.4 Å². The summed E-state index contributed by atoms with van der Waals surface area (Å²) in [5, 5.41) is 0. The van der Waals surface area contributed by atoms with Crippen LogP contribution in [-0.2, 0) is 11.2 Å². The number of hydrogen-bond acceptors (Lipinski definition) is 4. The summed E-state index contributed by atoms with van der Waals surface area (Å²) in [6.45, 7) is 15.0. The zero-order valence-electron chi connectivity index (χ0n) is 19.7. The van der Waals surface area contributed by atoms with Gasteiger partial charge in [-0.3, -0.25) is 14.6 Å². The van der Waals surface area contributed by atoms with Crippen molar-refractivity contribution in [2.75, 3.05) is 7.05 Å². The minimum atomic E-state index is -0.583. The van der Waals surface area contributed by atoms with Crippen LogP contribution < -0.4 is 11.5 Å². The van der Waals surface area contributed by atoms with Crippen LogP contribution in [0.2, 0.25) is 0 Å². The lowest BCUT2D eigenvalue weighted by atomic mass is 9.97. The molecule has 0 spiro atoms. The molecule has 0 saturated heterocycles. The van der Waals surface area contributed by atoms with Gasteiger partial charge in [-0.25, -0.2) is 0 Å². The number of Topliss-reactive ketones (excluding diaryl/α,β-unsaturated/α-hetero) is 1. The van der Waals surface area contributed by atoms with Gasteiger partial charge < -0.3 is 11.5 Å². The molecule has 168 valence electrons. The van der Waals surface area contributed by atoms with E-state index in [4.69, 9.17) is 11.5 Å². The third-order valence-electron chi connectivity index (χ3n) is 4.77. The average molecular weight is 432 g/mol. The van der Waals surface area contributed by atoms with Crippen molar-refractivity contribution in [2.24, 2.45) is 16.5 Å². The highest BCUT2D eigenvalue weighted by atomic mass is 16.1. The fourth-order valence-corrected chi connectivity index (χ4v) is 2.87. The molecule has 0 radical (unpaired) electrons. The van der Waals surface area contributed by atoms with Crippen LogP contribution in [0.4, 0.5) is 0 Å². The van der Waals surface area contributed by atoms with E-state index >= 15 is 0 Å². The summed E-state index contributed by atoms with van der Waals surface area (Å²) in [5.74, 6) is -0.700. The summed E-state index contributed by atoms with van der Waals surface area (Å²) < 4.78 is 0. The molecule has 2 aromatic carbocycles. The molecule has 1 amide bonds. The number of aryl methyl sites for hydroxylation is 2. The van der Waals surface area contributed by atoms with Crippen molar-refractivity contribution in [2.45, 2.75) is 34.1 Å². The molecular formula is C27H33N3O2. The zero-order chi connectivity index (χ0) is 24.4. The van der Waals surface area contributed by atoms with Crippen molar-refractivity contribution in [1.82, 2.24) is 0 Å². The van der Waals surface area contributed by atoms with Gasteiger partial charge in [0, 0.05) is 29.4 Å². The molecule has 0 aliphatic carbocycles. The Labute approximate surface area is 191 Å². The van der Waals surface area contributed by atoms with E-state index in [0.717, 1.165) is 6.42 Å². The lowest BCUT2D eigenvalue weighted by molar-refractivity contribution is -0.113. The topological polar surface area (TPSA) is 98.5 Å². The fraction of sp³-hybridized carbons (Fsp3) is 0.222. The van der Waals surface area contributed by atoms with Gasteiger partial charge in [0.2, 0.25) is 5.91 Å². The highest BCUT2D eigenvalue weighted by Gasteiger charge is 2.12. The molecule has 2 rings (SSSR count). The molecule has 0 heterocycles. The number of carbonyl (C=O) groups excluding carboxylic acids is 2. The molecule has 0 atom stereocenters. The fourth-order valence-electron chi connectivity index (χ4n) is 2.87. The number of ketones is 1. The van der Waals surface area contributed by atoms with Gasteiger partial charge in [-0.05, 0) is 68.2 Å². The summed E-state index contributed by atoms with van der Waals surface area (Å²) in [6, 6.07) is 13.6. The van der Waals surface area contributed by atoms with Crippen LogP contribution in [0.1, 0.15) is 53.4 Å². The van der Waals surface area contributed by atoms with Crippen LogP contribution in [0.3, 0.4) is 0 Å². The summed E-state index contributed by atoms with van der Waals surface area (Å²) >= 11 is 0. The van der Waals surface area contributed by atoms with Crippen LogP contribution in [0, 0.1) is 6.92 Å². The van der Waals surface area contributed by atoms with Crippen LogP contribution in [0.5, 0.6) is 0 Å². The third kappa shape index (κ3) is 7.84. The van der Waals surface area contributed by atoms with Crippen LogP contribution in [0.25, 0.3) is 5.70 Å². The predicted octanol–water partition coefficient (Wildman–Crippen LogP) is 4.78. The minimum Gasteiger partial charge on any atom is -0.399 e. The Hall–Kier alpha value is -3.73. The van der Waals surface area contributed by atoms with Gasteiger partial charge in [0.1, 0.15) is 0 Å². The highest BCUT2D eigenvalue weighted by Crippen LogP contribution is 2.18. The number of aliphatic imine (C=N–C) groups is 1. The third-order valence-corrected chi connectivity index (χ3v) is 4.77. The average Bonchev–Trinajstić information content (AvgIpc) is 2.74. The normalized spacial score (nSPS) is 11.3. The first-order valence-electron chi connectivity index (χ1n) is 10.3. The Balaban J connectivity index is 0.000000471. The molecule has 0 aliphatic rings. The number of allylic oxidation sites excluding steroid dienone is 3. The van der Waals surface area contributed by atoms with Crippen molar-refractivity contribution in [3.8, 4) is 0 Å². The Bertz CT molecular complexity index is 1030. The second kappa shape index (κ2) is 12.2. The molecular weight excluding hydrogens is 398 g/mol. The second-order valence-electron chi connectivity index (χ2n) is 7.53. The van der Waals surface area contributed by atoms with Gasteiger partial charge in [0.15, 0.2) is 5.78 Å². The van der Waals surface area contributed by atoms with E-state index in [1.807, 2.05) is 0 Å². The molecule has 0 fully saturated rings. The highest BCUT2D eigenvalue weighted by molar-refractivity contribution is 6.15. The predicted molar refractivity (Wildman–Crippen MR) is 135 cm³/mol. The first-order chi connectivity index (χ1) is 15.0. The Kier molecular flexibility index (Phi) is 10.0. The van der Waals surface area contributed by atoms with Gasteiger partial charge in [-0.1, -0.05) is 49.9 Å². The standard InChI is InChI=1S/C18H21N3O2.C9H12/c1-10(2)16(12(4)22)9-17(21-5)14-6-13(11(3)19)7-15(8-14)18(20)23;1-3-9-6-4-8(2)5-7-9/h6-9H,1,3,19H2,2,4-5H3,(H2,20,23);4-7H,3H2,1-2H3/b16-9+,21-17?;. The maximum Gasteiger partial charge on any atom is 0.248 e. The van der Waals surface area contributed by atoms with Crippen LogP contribution >= 0.6 is 0 Å². The van der Waals surface area contributed by atoms with E-state index in [9.17, 15) is 9.59 Å². The molecule has 0 aromatic heterocycles. The molecule has 0 unspecified atom stereocenters. The SMILES string of the molecule is C=C(C)/C(=C\C(=NC)c1cc(C(=C)N)cc(C(N)=O)c1)C(C)=O.CCc1ccc(C)cc1. The first-order valence-corrected chi connectivity index (χ1v) is 10.3.